The van der Waals surface area contributed by atoms with E-state index in [2.05, 4.69) is 0 Å². The second-order valence-corrected chi connectivity index (χ2v) is 7.88. The van der Waals surface area contributed by atoms with Crippen LogP contribution in [0.5, 0.6) is 0 Å². The molecule has 1 aromatic rings. The molecule has 0 bridgehead atoms. The number of aliphatic hydroxyl groups is 1. The van der Waals surface area contributed by atoms with E-state index in [4.69, 9.17) is 23.7 Å². The van der Waals surface area contributed by atoms with E-state index in [9.17, 15) is 5.11 Å². The van der Waals surface area contributed by atoms with Crippen LogP contribution in [-0.2, 0) is 30.3 Å². The number of benzene rings is 1. The summed E-state index contributed by atoms with van der Waals surface area (Å²) < 4.78 is 30.2. The van der Waals surface area contributed by atoms with Crippen LogP contribution in [0.3, 0.4) is 0 Å². The van der Waals surface area contributed by atoms with Crippen molar-refractivity contribution in [2.24, 2.45) is 0 Å². The van der Waals surface area contributed by atoms with E-state index in [1.54, 1.807) is 0 Å². The Labute approximate surface area is 148 Å². The maximum atomic E-state index is 10.8. The van der Waals surface area contributed by atoms with E-state index in [0.717, 1.165) is 5.56 Å². The lowest BCUT2D eigenvalue weighted by Gasteiger charge is -2.40. The van der Waals surface area contributed by atoms with Gasteiger partial charge in [-0.15, -0.1) is 0 Å². The molecule has 4 rings (SSSR count). The monoisotopic (exact) mass is 350 g/mol. The summed E-state index contributed by atoms with van der Waals surface area (Å²) in [6.07, 6.45) is -3.04. The average molecular weight is 350 g/mol. The maximum absolute atomic E-state index is 10.8. The quantitative estimate of drug-likeness (QED) is 0.899. The second kappa shape index (κ2) is 6.01. The molecule has 25 heavy (non-hydrogen) atoms. The Morgan fingerprint density at radius 3 is 1.84 bits per heavy atom. The van der Waals surface area contributed by atoms with Gasteiger partial charge in [-0.25, -0.2) is 0 Å². The molecule has 1 N–H and O–H groups in total. The molecule has 2 aliphatic heterocycles. The van der Waals surface area contributed by atoms with Gasteiger partial charge in [0, 0.05) is 0 Å². The summed E-state index contributed by atoms with van der Waals surface area (Å²) in [7, 11) is 0. The molecule has 0 radical (unpaired) electrons. The van der Waals surface area contributed by atoms with Crippen molar-refractivity contribution in [1.82, 2.24) is 0 Å². The molecule has 0 amide bonds. The zero-order chi connectivity index (χ0) is 17.8. The zero-order valence-electron chi connectivity index (χ0n) is 15.0. The molecule has 1 saturated carbocycles. The molecular formula is C19H26O6. The van der Waals surface area contributed by atoms with E-state index in [1.807, 2.05) is 58.0 Å². The molecule has 3 fully saturated rings. The number of hydrogen-bond acceptors (Lipinski definition) is 6. The Balaban J connectivity index is 1.59. The highest BCUT2D eigenvalue weighted by Gasteiger charge is 2.63. The molecule has 2 heterocycles. The van der Waals surface area contributed by atoms with Crippen molar-refractivity contribution in [1.29, 1.82) is 0 Å². The summed E-state index contributed by atoms with van der Waals surface area (Å²) in [5.41, 5.74) is 1.07. The molecule has 138 valence electrons. The first-order chi connectivity index (χ1) is 11.8. The van der Waals surface area contributed by atoms with Crippen molar-refractivity contribution in [2.75, 3.05) is 0 Å². The van der Waals surface area contributed by atoms with Crippen LogP contribution in [-0.4, -0.2) is 53.3 Å². The van der Waals surface area contributed by atoms with Crippen LogP contribution in [0, 0.1) is 0 Å². The Kier molecular flexibility index (Phi) is 4.18. The summed E-state index contributed by atoms with van der Waals surface area (Å²) >= 11 is 0. The van der Waals surface area contributed by atoms with Crippen LogP contribution < -0.4 is 0 Å². The lowest BCUT2D eigenvalue weighted by Crippen LogP contribution is -2.62. The fourth-order valence-electron chi connectivity index (χ4n) is 4.00. The number of hydrogen-bond donors (Lipinski definition) is 1. The minimum absolute atomic E-state index is 0.387. The molecule has 0 aromatic heterocycles. The van der Waals surface area contributed by atoms with Crippen molar-refractivity contribution < 1.29 is 28.8 Å². The standard InChI is InChI=1S/C19H26O6/c1-18(2)22-13-12(20)14-17(25-19(3,4)23-14)15(16(13)24-18)21-10-11-8-6-5-7-9-11/h5-9,12-17,20H,10H2,1-4H3/t12-,13-,14+,15-,16-,17-/m1/s1. The predicted octanol–water partition coefficient (Wildman–Crippen LogP) is 1.99. The minimum atomic E-state index is -0.824. The van der Waals surface area contributed by atoms with Gasteiger partial charge < -0.3 is 28.8 Å². The molecule has 1 aliphatic carbocycles. The van der Waals surface area contributed by atoms with Gasteiger partial charge in [-0.3, -0.25) is 0 Å². The Morgan fingerprint density at radius 1 is 0.840 bits per heavy atom. The van der Waals surface area contributed by atoms with Gasteiger partial charge in [0.25, 0.3) is 0 Å². The highest BCUT2D eigenvalue weighted by atomic mass is 16.8. The van der Waals surface area contributed by atoms with Crippen LogP contribution in [0.15, 0.2) is 30.3 Å². The fourth-order valence-corrected chi connectivity index (χ4v) is 4.00. The van der Waals surface area contributed by atoms with Crippen molar-refractivity contribution >= 4 is 0 Å². The van der Waals surface area contributed by atoms with E-state index < -0.39 is 42.1 Å². The van der Waals surface area contributed by atoms with Crippen LogP contribution in [0.2, 0.25) is 0 Å². The number of fused-ring (bicyclic) bond motifs is 2. The van der Waals surface area contributed by atoms with Crippen molar-refractivity contribution in [3.05, 3.63) is 35.9 Å². The maximum Gasteiger partial charge on any atom is 0.164 e. The topological polar surface area (TPSA) is 66.4 Å². The lowest BCUT2D eigenvalue weighted by molar-refractivity contribution is -0.190. The number of rotatable bonds is 3. The van der Waals surface area contributed by atoms with Crippen LogP contribution in [0.25, 0.3) is 0 Å². The van der Waals surface area contributed by atoms with Gasteiger partial charge in [0.05, 0.1) is 6.61 Å². The van der Waals surface area contributed by atoms with Gasteiger partial charge in [0.1, 0.15) is 36.6 Å². The SMILES string of the molecule is CC1(C)O[C@H]2[C@@H](OCc3ccccc3)[C@@H]3OC(C)(C)O[C@H]3[C@H](O)[C@H]2O1. The van der Waals surface area contributed by atoms with Crippen molar-refractivity contribution in [3.8, 4) is 0 Å². The summed E-state index contributed by atoms with van der Waals surface area (Å²) in [6.45, 7) is 7.80. The third-order valence-electron chi connectivity index (χ3n) is 4.93. The summed E-state index contributed by atoms with van der Waals surface area (Å²) in [5.74, 6) is -1.56. The second-order valence-electron chi connectivity index (χ2n) is 7.88. The molecule has 6 heteroatoms. The zero-order valence-corrected chi connectivity index (χ0v) is 15.0. The first kappa shape index (κ1) is 17.4. The molecule has 2 saturated heterocycles. The smallest absolute Gasteiger partial charge is 0.164 e. The van der Waals surface area contributed by atoms with Gasteiger partial charge in [-0.2, -0.15) is 0 Å². The third kappa shape index (κ3) is 3.23. The van der Waals surface area contributed by atoms with E-state index in [0.29, 0.717) is 6.61 Å². The number of ether oxygens (including phenoxy) is 5. The Bertz CT molecular complexity index is 584. The van der Waals surface area contributed by atoms with Gasteiger partial charge in [-0.05, 0) is 33.3 Å². The summed E-state index contributed by atoms with van der Waals surface area (Å²) in [4.78, 5) is 0. The van der Waals surface area contributed by atoms with Gasteiger partial charge in [0.15, 0.2) is 11.6 Å². The summed E-state index contributed by atoms with van der Waals surface area (Å²) in [5, 5.41) is 10.8. The normalized spacial score (nSPS) is 41.3. The van der Waals surface area contributed by atoms with E-state index in [-0.39, 0.29) is 6.10 Å². The van der Waals surface area contributed by atoms with Crippen molar-refractivity contribution in [3.63, 3.8) is 0 Å². The minimum Gasteiger partial charge on any atom is -0.387 e. The largest absolute Gasteiger partial charge is 0.387 e. The molecule has 6 atom stereocenters. The van der Waals surface area contributed by atoms with Crippen molar-refractivity contribution in [2.45, 2.75) is 82.5 Å². The molecular weight excluding hydrogens is 324 g/mol. The molecule has 3 aliphatic rings. The molecule has 1 aromatic carbocycles. The molecule has 0 unspecified atom stereocenters. The van der Waals surface area contributed by atoms with Gasteiger partial charge in [0.2, 0.25) is 0 Å². The van der Waals surface area contributed by atoms with Crippen LogP contribution in [0.4, 0.5) is 0 Å². The van der Waals surface area contributed by atoms with Crippen LogP contribution in [0.1, 0.15) is 33.3 Å². The third-order valence-corrected chi connectivity index (χ3v) is 4.93. The highest BCUT2D eigenvalue weighted by molar-refractivity contribution is 5.14. The first-order valence-corrected chi connectivity index (χ1v) is 8.81. The average Bonchev–Trinajstić information content (AvgIpc) is 3.04. The predicted molar refractivity (Wildman–Crippen MR) is 88.7 cm³/mol. The van der Waals surface area contributed by atoms with Crippen LogP contribution >= 0.6 is 0 Å². The van der Waals surface area contributed by atoms with E-state index in [1.165, 1.54) is 0 Å². The highest BCUT2D eigenvalue weighted by Crippen LogP contribution is 2.45. The van der Waals surface area contributed by atoms with Gasteiger partial charge in [-0.1, -0.05) is 30.3 Å². The summed E-state index contributed by atoms with van der Waals surface area (Å²) in [6, 6.07) is 9.95. The lowest BCUT2D eigenvalue weighted by atomic mass is 9.85. The number of aliphatic hydroxyl groups excluding tert-OH is 1. The Morgan fingerprint density at radius 2 is 1.32 bits per heavy atom. The Hall–Kier alpha value is -1.02. The van der Waals surface area contributed by atoms with E-state index >= 15 is 0 Å². The first-order valence-electron chi connectivity index (χ1n) is 8.81. The van der Waals surface area contributed by atoms with Gasteiger partial charge >= 0.3 is 0 Å². The fraction of sp³-hybridized carbons (Fsp3) is 0.684. The molecule has 0 spiro atoms. The molecule has 6 nitrogen and oxygen atoms in total.